The molecule has 1 aliphatic heterocycles. The van der Waals surface area contributed by atoms with Crippen LogP contribution in [0.25, 0.3) is 4.85 Å². The molecule has 0 aromatic heterocycles. The Morgan fingerprint density at radius 2 is 1.96 bits per heavy atom. The second kappa shape index (κ2) is 7.53. The Labute approximate surface area is 162 Å². The van der Waals surface area contributed by atoms with Gasteiger partial charge in [-0.2, -0.15) is 0 Å². The number of rotatable bonds is 4. The Bertz CT molecular complexity index is 949. The van der Waals surface area contributed by atoms with Gasteiger partial charge in [0.15, 0.2) is 10.9 Å². The van der Waals surface area contributed by atoms with Gasteiger partial charge >= 0.3 is 0 Å². The Balaban J connectivity index is 1.85. The van der Waals surface area contributed by atoms with Crippen molar-refractivity contribution in [3.8, 4) is 0 Å². The van der Waals surface area contributed by atoms with E-state index in [0.717, 1.165) is 16.8 Å². The van der Waals surface area contributed by atoms with Crippen LogP contribution in [0.15, 0.2) is 47.5 Å². The highest BCUT2D eigenvalue weighted by Crippen LogP contribution is 2.35. The molecule has 1 atom stereocenters. The molecule has 2 aromatic carbocycles. The smallest absolute Gasteiger partial charge is 0.260 e. The molecule has 138 valence electrons. The van der Waals surface area contributed by atoms with Gasteiger partial charge in [-0.15, -0.1) is 0 Å². The molecule has 0 saturated heterocycles. The molecule has 1 amide bonds. The van der Waals surface area contributed by atoms with Crippen LogP contribution in [0.4, 0.5) is 15.8 Å². The van der Waals surface area contributed by atoms with E-state index in [2.05, 4.69) is 4.85 Å². The molecular formula is C21H20FN3OS. The van der Waals surface area contributed by atoms with E-state index >= 15 is 0 Å². The molecule has 6 heteroatoms. The largest absolute Gasteiger partial charge is 0.271 e. The number of amidine groups is 1. The second-order valence-corrected chi connectivity index (χ2v) is 7.50. The lowest BCUT2D eigenvalue weighted by molar-refractivity contribution is -0.121. The summed E-state index contributed by atoms with van der Waals surface area (Å²) in [5.74, 6) is -0.349. The molecule has 1 aliphatic rings. The van der Waals surface area contributed by atoms with E-state index in [0.29, 0.717) is 23.7 Å². The van der Waals surface area contributed by atoms with Crippen LogP contribution in [0.1, 0.15) is 24.5 Å². The van der Waals surface area contributed by atoms with Crippen LogP contribution >= 0.6 is 11.8 Å². The van der Waals surface area contributed by atoms with Gasteiger partial charge < -0.3 is 0 Å². The van der Waals surface area contributed by atoms with E-state index < -0.39 is 5.54 Å². The number of hydrogen-bond donors (Lipinski definition) is 0. The zero-order valence-corrected chi connectivity index (χ0v) is 16.3. The van der Waals surface area contributed by atoms with Crippen LogP contribution < -0.4 is 4.90 Å². The topological polar surface area (TPSA) is 37.0 Å². The first-order valence-electron chi connectivity index (χ1n) is 8.59. The molecule has 0 fully saturated rings. The maximum Gasteiger partial charge on any atom is 0.260 e. The minimum Gasteiger partial charge on any atom is -0.271 e. The first-order chi connectivity index (χ1) is 12.9. The van der Waals surface area contributed by atoms with Crippen molar-refractivity contribution in [2.24, 2.45) is 4.99 Å². The quantitative estimate of drug-likeness (QED) is 0.688. The third-order valence-electron chi connectivity index (χ3n) is 4.75. The van der Waals surface area contributed by atoms with Gasteiger partial charge in [-0.05, 0) is 68.3 Å². The maximum absolute atomic E-state index is 13.2. The first kappa shape index (κ1) is 19.1. The SMILES string of the molecule is [C-]#[N+]c1ccc(N2C(=O)[C@@](C)(CCc3ccc(F)cc3)N=C2SC)cc1C. The molecule has 0 radical (unpaired) electrons. The zero-order valence-electron chi connectivity index (χ0n) is 15.5. The third kappa shape index (κ3) is 3.74. The number of nitrogens with zero attached hydrogens (tertiary/aromatic N) is 3. The van der Waals surface area contributed by atoms with E-state index in [1.165, 1.54) is 23.9 Å². The lowest BCUT2D eigenvalue weighted by Gasteiger charge is -2.23. The number of halogens is 1. The third-order valence-corrected chi connectivity index (χ3v) is 5.39. The molecule has 0 unspecified atom stereocenters. The predicted octanol–water partition coefficient (Wildman–Crippen LogP) is 5.14. The van der Waals surface area contributed by atoms with Gasteiger partial charge in [0.05, 0.1) is 6.57 Å². The van der Waals surface area contributed by atoms with Gasteiger partial charge in [-0.1, -0.05) is 30.0 Å². The highest BCUT2D eigenvalue weighted by Gasteiger charge is 2.44. The number of carbonyl (C=O) groups excluding carboxylic acids is 1. The molecular weight excluding hydrogens is 361 g/mol. The fourth-order valence-corrected chi connectivity index (χ4v) is 3.77. The Morgan fingerprint density at radius 3 is 2.56 bits per heavy atom. The Hall–Kier alpha value is -2.65. The van der Waals surface area contributed by atoms with E-state index in [1.807, 2.05) is 26.2 Å². The molecule has 0 aliphatic carbocycles. The van der Waals surface area contributed by atoms with Crippen LogP contribution in [0.2, 0.25) is 0 Å². The molecule has 27 heavy (non-hydrogen) atoms. The van der Waals surface area contributed by atoms with Crippen molar-refractivity contribution in [1.29, 1.82) is 0 Å². The summed E-state index contributed by atoms with van der Waals surface area (Å²) >= 11 is 1.43. The minimum absolute atomic E-state index is 0.0797. The molecule has 0 bridgehead atoms. The summed E-state index contributed by atoms with van der Waals surface area (Å²) in [4.78, 5) is 23.0. The Morgan fingerprint density at radius 1 is 1.26 bits per heavy atom. The second-order valence-electron chi connectivity index (χ2n) is 6.72. The van der Waals surface area contributed by atoms with E-state index in [9.17, 15) is 9.18 Å². The number of anilines is 1. The molecule has 3 rings (SSSR count). The normalized spacial score (nSPS) is 19.1. The first-order valence-corrected chi connectivity index (χ1v) is 9.81. The molecule has 0 saturated carbocycles. The van der Waals surface area contributed by atoms with Crippen molar-refractivity contribution in [3.63, 3.8) is 0 Å². The summed E-state index contributed by atoms with van der Waals surface area (Å²) in [6, 6.07) is 11.7. The van der Waals surface area contributed by atoms with Gasteiger partial charge in [-0.3, -0.25) is 9.69 Å². The maximum atomic E-state index is 13.2. The highest BCUT2D eigenvalue weighted by atomic mass is 32.2. The van der Waals surface area contributed by atoms with Crippen molar-refractivity contribution >= 4 is 34.2 Å². The summed E-state index contributed by atoms with van der Waals surface area (Å²) in [6.45, 7) is 10.9. The average Bonchev–Trinajstić information content (AvgIpc) is 2.92. The van der Waals surface area contributed by atoms with Crippen molar-refractivity contribution in [3.05, 3.63) is 70.8 Å². The van der Waals surface area contributed by atoms with Gasteiger partial charge in [0.1, 0.15) is 11.4 Å². The number of carbonyl (C=O) groups is 1. The molecule has 0 N–H and O–H groups in total. The number of amides is 1. The molecule has 4 nitrogen and oxygen atoms in total. The summed E-state index contributed by atoms with van der Waals surface area (Å²) in [5.41, 5.74) is 2.24. The number of aryl methyl sites for hydroxylation is 2. The fourth-order valence-electron chi connectivity index (χ4n) is 3.11. The van der Waals surface area contributed by atoms with Crippen molar-refractivity contribution in [1.82, 2.24) is 0 Å². The van der Waals surface area contributed by atoms with Crippen molar-refractivity contribution in [2.45, 2.75) is 32.2 Å². The average molecular weight is 381 g/mol. The summed E-state index contributed by atoms with van der Waals surface area (Å²) in [6.07, 6.45) is 3.07. The lowest BCUT2D eigenvalue weighted by atomic mass is 9.93. The summed E-state index contributed by atoms with van der Waals surface area (Å²) in [5, 5.41) is 0.650. The molecule has 0 spiro atoms. The van der Waals surface area contributed by atoms with Crippen LogP contribution in [0.5, 0.6) is 0 Å². The van der Waals surface area contributed by atoms with Gasteiger partial charge in [0, 0.05) is 5.69 Å². The van der Waals surface area contributed by atoms with Crippen LogP contribution in [0.3, 0.4) is 0 Å². The van der Waals surface area contributed by atoms with E-state index in [4.69, 9.17) is 11.6 Å². The lowest BCUT2D eigenvalue weighted by Crippen LogP contribution is -2.40. The minimum atomic E-state index is -0.862. The molecule has 1 heterocycles. The predicted molar refractivity (Wildman–Crippen MR) is 109 cm³/mol. The Kier molecular flexibility index (Phi) is 5.33. The number of thioether (sulfide) groups is 1. The van der Waals surface area contributed by atoms with Crippen molar-refractivity contribution in [2.75, 3.05) is 11.2 Å². The molecule has 2 aromatic rings. The van der Waals surface area contributed by atoms with E-state index in [-0.39, 0.29) is 11.7 Å². The van der Waals surface area contributed by atoms with E-state index in [1.54, 1.807) is 29.2 Å². The van der Waals surface area contributed by atoms with Crippen LogP contribution in [-0.4, -0.2) is 22.9 Å². The van der Waals surface area contributed by atoms with Crippen LogP contribution in [0, 0.1) is 19.3 Å². The highest BCUT2D eigenvalue weighted by molar-refractivity contribution is 8.13. The van der Waals surface area contributed by atoms with Crippen molar-refractivity contribution < 1.29 is 9.18 Å². The fraction of sp³-hybridized carbons (Fsp3) is 0.286. The van der Waals surface area contributed by atoms with Gasteiger partial charge in [0.25, 0.3) is 5.91 Å². The summed E-state index contributed by atoms with van der Waals surface area (Å²) < 4.78 is 13.1. The van der Waals surface area contributed by atoms with Crippen LogP contribution in [-0.2, 0) is 11.2 Å². The zero-order chi connectivity index (χ0) is 19.6. The number of aliphatic imine (C=N–C) groups is 1. The standard InChI is InChI=1S/C21H20FN3OS/c1-14-13-17(9-10-18(14)23-3)25-19(26)21(2,24-20(25)27-4)12-11-15-5-7-16(22)8-6-15/h5-10,13H,11-12H2,1-2,4H3/t21-/m1/s1. The van der Waals surface area contributed by atoms with Gasteiger partial charge in [-0.25, -0.2) is 14.2 Å². The van der Waals surface area contributed by atoms with Gasteiger partial charge in [0.2, 0.25) is 0 Å². The number of hydrogen-bond acceptors (Lipinski definition) is 3. The summed E-state index contributed by atoms with van der Waals surface area (Å²) in [7, 11) is 0. The number of benzene rings is 2. The monoisotopic (exact) mass is 381 g/mol.